The van der Waals surface area contributed by atoms with E-state index in [0.29, 0.717) is 5.75 Å². The molecule has 1 amide bonds. The zero-order valence-electron chi connectivity index (χ0n) is 16.2. The molecule has 1 aliphatic carbocycles. The van der Waals surface area contributed by atoms with Crippen LogP contribution in [0, 0.1) is 6.92 Å². The first kappa shape index (κ1) is 18.7. The van der Waals surface area contributed by atoms with Gasteiger partial charge >= 0.3 is 0 Å². The van der Waals surface area contributed by atoms with E-state index in [0.717, 1.165) is 35.8 Å². The van der Waals surface area contributed by atoms with E-state index >= 15 is 0 Å². The van der Waals surface area contributed by atoms with Crippen LogP contribution in [0.5, 0.6) is 0 Å². The molecule has 0 saturated heterocycles. The molecule has 1 heterocycles. The Morgan fingerprint density at radius 2 is 1.93 bits per heavy atom. The Bertz CT molecular complexity index is 979. The number of aromatic nitrogens is 3. The minimum atomic E-state index is -0.203. The van der Waals surface area contributed by atoms with Crippen molar-refractivity contribution >= 4 is 17.7 Å². The third kappa shape index (κ3) is 3.69. The van der Waals surface area contributed by atoms with Gasteiger partial charge in [0.2, 0.25) is 5.91 Å². The molecular weight excluding hydrogens is 368 g/mol. The van der Waals surface area contributed by atoms with Crippen molar-refractivity contribution in [2.45, 2.75) is 36.9 Å². The maximum Gasteiger partial charge on any atom is 0.231 e. The van der Waals surface area contributed by atoms with Crippen molar-refractivity contribution in [3.63, 3.8) is 0 Å². The van der Waals surface area contributed by atoms with Crippen LogP contribution in [-0.4, -0.2) is 26.4 Å². The highest BCUT2D eigenvalue weighted by molar-refractivity contribution is 7.99. The number of carbonyl (C=O) groups excluding carboxylic acids is 1. The number of carbonyl (C=O) groups is 1. The normalized spacial score (nSPS) is 15.1. The van der Waals surface area contributed by atoms with Crippen molar-refractivity contribution in [2.24, 2.45) is 7.05 Å². The Labute approximate surface area is 169 Å². The molecule has 1 fully saturated rings. The van der Waals surface area contributed by atoms with Crippen LogP contribution >= 0.6 is 11.8 Å². The Morgan fingerprint density at radius 3 is 2.61 bits per heavy atom. The lowest BCUT2D eigenvalue weighted by Gasteiger charge is -2.43. The first-order valence-corrected chi connectivity index (χ1v) is 10.5. The lowest BCUT2D eigenvalue weighted by molar-refractivity contribution is -0.121. The highest BCUT2D eigenvalue weighted by Crippen LogP contribution is 2.41. The predicted octanol–water partition coefficient (Wildman–Crippen LogP) is 4.08. The van der Waals surface area contributed by atoms with Gasteiger partial charge < -0.3 is 9.88 Å². The van der Waals surface area contributed by atoms with Gasteiger partial charge in [0.1, 0.15) is 0 Å². The molecule has 0 atom stereocenters. The van der Waals surface area contributed by atoms with Crippen LogP contribution < -0.4 is 5.32 Å². The molecule has 3 aromatic rings. The maximum absolute atomic E-state index is 12.6. The molecule has 0 bridgehead atoms. The average Bonchev–Trinajstić information content (AvgIpc) is 3.04. The molecule has 2 aromatic carbocycles. The lowest BCUT2D eigenvalue weighted by atomic mass is 9.72. The fraction of sp³-hybridized carbons (Fsp3) is 0.318. The molecule has 0 aliphatic heterocycles. The minimum Gasteiger partial charge on any atom is -0.346 e. The molecule has 1 aliphatic rings. The van der Waals surface area contributed by atoms with Crippen LogP contribution in [0.2, 0.25) is 0 Å². The standard InChI is InChI=1S/C22H24N4OS/c1-16-8-6-9-17(14-16)20-24-25-21(26(20)2)28-15-19(27)23-22(12-7-13-22)18-10-4-3-5-11-18/h3-6,8-11,14H,7,12-13,15H2,1-2H3,(H,23,27). The summed E-state index contributed by atoms with van der Waals surface area (Å²) < 4.78 is 1.95. The van der Waals surface area contributed by atoms with Crippen molar-refractivity contribution in [1.29, 1.82) is 0 Å². The average molecular weight is 393 g/mol. The van der Waals surface area contributed by atoms with Gasteiger partial charge in [-0.2, -0.15) is 0 Å². The molecule has 6 heteroatoms. The maximum atomic E-state index is 12.6. The summed E-state index contributed by atoms with van der Waals surface area (Å²) in [6, 6.07) is 18.5. The second kappa shape index (κ2) is 7.80. The van der Waals surface area contributed by atoms with Crippen molar-refractivity contribution < 1.29 is 4.79 Å². The largest absolute Gasteiger partial charge is 0.346 e. The molecule has 1 aromatic heterocycles. The van der Waals surface area contributed by atoms with Gasteiger partial charge in [-0.15, -0.1) is 10.2 Å². The van der Waals surface area contributed by atoms with Gasteiger partial charge in [0, 0.05) is 12.6 Å². The fourth-order valence-corrected chi connectivity index (χ4v) is 4.39. The van der Waals surface area contributed by atoms with Crippen LogP contribution in [0.1, 0.15) is 30.4 Å². The first-order valence-electron chi connectivity index (χ1n) is 9.53. The number of thioether (sulfide) groups is 1. The number of nitrogens with zero attached hydrogens (tertiary/aromatic N) is 3. The van der Waals surface area contributed by atoms with Gasteiger partial charge in [-0.3, -0.25) is 4.79 Å². The van der Waals surface area contributed by atoms with Crippen molar-refractivity contribution in [2.75, 3.05) is 5.75 Å². The van der Waals surface area contributed by atoms with E-state index < -0.39 is 0 Å². The van der Waals surface area contributed by atoms with Gasteiger partial charge in [0.05, 0.1) is 11.3 Å². The predicted molar refractivity (Wildman–Crippen MR) is 112 cm³/mol. The molecular formula is C22H24N4OS. The summed E-state index contributed by atoms with van der Waals surface area (Å²) in [7, 11) is 1.94. The number of amides is 1. The van der Waals surface area contributed by atoms with E-state index in [9.17, 15) is 4.79 Å². The molecule has 28 heavy (non-hydrogen) atoms. The Balaban J connectivity index is 1.42. The molecule has 4 rings (SSSR count). The SMILES string of the molecule is Cc1cccc(-c2nnc(SCC(=O)NC3(c4ccccc4)CCC3)n2C)c1. The number of hydrogen-bond acceptors (Lipinski definition) is 4. The Morgan fingerprint density at radius 1 is 1.14 bits per heavy atom. The zero-order chi connectivity index (χ0) is 19.6. The number of nitrogens with one attached hydrogen (secondary N) is 1. The molecule has 0 radical (unpaired) electrons. The lowest BCUT2D eigenvalue weighted by Crippen LogP contribution is -2.51. The highest BCUT2D eigenvalue weighted by atomic mass is 32.2. The third-order valence-electron chi connectivity index (χ3n) is 5.36. The van der Waals surface area contributed by atoms with Crippen LogP contribution in [0.25, 0.3) is 11.4 Å². The summed E-state index contributed by atoms with van der Waals surface area (Å²) in [6.07, 6.45) is 3.13. The quantitative estimate of drug-likeness (QED) is 0.642. The zero-order valence-corrected chi connectivity index (χ0v) is 17.0. The summed E-state index contributed by atoms with van der Waals surface area (Å²) in [5.74, 6) is 1.17. The summed E-state index contributed by atoms with van der Waals surface area (Å²) in [6.45, 7) is 2.06. The minimum absolute atomic E-state index is 0.0358. The number of rotatable bonds is 6. The molecule has 5 nitrogen and oxygen atoms in total. The van der Waals surface area contributed by atoms with Crippen LogP contribution in [0.15, 0.2) is 59.8 Å². The third-order valence-corrected chi connectivity index (χ3v) is 6.38. The van der Waals surface area contributed by atoms with E-state index in [1.807, 2.05) is 41.9 Å². The molecule has 0 unspecified atom stereocenters. The van der Waals surface area contributed by atoms with Gasteiger partial charge in [0.25, 0.3) is 0 Å². The van der Waals surface area contributed by atoms with Crippen LogP contribution in [0.3, 0.4) is 0 Å². The molecule has 144 valence electrons. The number of hydrogen-bond donors (Lipinski definition) is 1. The van der Waals surface area contributed by atoms with E-state index in [4.69, 9.17) is 0 Å². The van der Waals surface area contributed by atoms with Crippen LogP contribution in [-0.2, 0) is 17.4 Å². The monoisotopic (exact) mass is 392 g/mol. The second-order valence-corrected chi connectivity index (χ2v) is 8.32. The summed E-state index contributed by atoms with van der Waals surface area (Å²) in [4.78, 5) is 12.6. The Kier molecular flexibility index (Phi) is 5.22. The molecule has 0 spiro atoms. The summed E-state index contributed by atoms with van der Waals surface area (Å²) >= 11 is 1.42. The topological polar surface area (TPSA) is 59.8 Å². The van der Waals surface area contributed by atoms with Gasteiger partial charge in [-0.25, -0.2) is 0 Å². The van der Waals surface area contributed by atoms with E-state index in [-0.39, 0.29) is 11.4 Å². The summed E-state index contributed by atoms with van der Waals surface area (Å²) in [5, 5.41) is 12.6. The van der Waals surface area contributed by atoms with Crippen molar-refractivity contribution in [1.82, 2.24) is 20.1 Å². The molecule has 1 N–H and O–H groups in total. The van der Waals surface area contributed by atoms with E-state index in [1.165, 1.54) is 22.9 Å². The van der Waals surface area contributed by atoms with Gasteiger partial charge in [0.15, 0.2) is 11.0 Å². The first-order chi connectivity index (χ1) is 13.6. The van der Waals surface area contributed by atoms with Crippen LogP contribution in [0.4, 0.5) is 0 Å². The highest BCUT2D eigenvalue weighted by Gasteiger charge is 2.39. The second-order valence-electron chi connectivity index (χ2n) is 7.37. The van der Waals surface area contributed by atoms with E-state index in [1.54, 1.807) is 0 Å². The van der Waals surface area contributed by atoms with Gasteiger partial charge in [-0.1, -0.05) is 65.9 Å². The van der Waals surface area contributed by atoms with Crippen molar-refractivity contribution in [3.05, 3.63) is 65.7 Å². The smallest absolute Gasteiger partial charge is 0.231 e. The van der Waals surface area contributed by atoms with Gasteiger partial charge in [-0.05, 0) is 37.8 Å². The van der Waals surface area contributed by atoms with Crippen molar-refractivity contribution in [3.8, 4) is 11.4 Å². The number of aryl methyl sites for hydroxylation is 1. The Hall–Kier alpha value is -2.60. The van der Waals surface area contributed by atoms with E-state index in [2.05, 4.69) is 46.7 Å². The fourth-order valence-electron chi connectivity index (χ4n) is 3.68. The number of benzene rings is 2. The molecule has 1 saturated carbocycles. The summed E-state index contributed by atoms with van der Waals surface area (Å²) in [5.41, 5.74) is 3.20.